The van der Waals surface area contributed by atoms with Gasteiger partial charge in [-0.15, -0.1) is 0 Å². The van der Waals surface area contributed by atoms with Crippen LogP contribution in [0, 0.1) is 10.1 Å². The molecule has 0 spiro atoms. The fraction of sp³-hybridized carbons (Fsp3) is 0.0556. The molecular formula is C18H12N2O6S. The second-order valence-electron chi connectivity index (χ2n) is 5.59. The van der Waals surface area contributed by atoms with Crippen molar-refractivity contribution in [2.45, 2.75) is 6.54 Å². The second-order valence-corrected chi connectivity index (χ2v) is 6.58. The number of carboxylic acid groups (broad SMARTS) is 1. The van der Waals surface area contributed by atoms with E-state index in [-0.39, 0.29) is 28.3 Å². The Hall–Kier alpha value is -3.46. The zero-order chi connectivity index (χ0) is 19.6. The first-order valence-corrected chi connectivity index (χ1v) is 8.49. The molecule has 0 unspecified atom stereocenters. The van der Waals surface area contributed by atoms with Crippen molar-refractivity contribution in [2.24, 2.45) is 0 Å². The molecule has 1 N–H and O–H groups in total. The summed E-state index contributed by atoms with van der Waals surface area (Å²) in [6, 6.07) is 11.8. The number of benzene rings is 2. The number of nitrogens with zero attached hydrogens (tertiary/aromatic N) is 2. The summed E-state index contributed by atoms with van der Waals surface area (Å²) in [4.78, 5) is 47.2. The number of imide groups is 1. The summed E-state index contributed by atoms with van der Waals surface area (Å²) in [7, 11) is 0. The minimum atomic E-state index is -1.07. The Kier molecular flexibility index (Phi) is 5.04. The van der Waals surface area contributed by atoms with Crippen LogP contribution in [-0.2, 0) is 11.3 Å². The molecule has 27 heavy (non-hydrogen) atoms. The van der Waals surface area contributed by atoms with Gasteiger partial charge in [-0.1, -0.05) is 24.3 Å². The van der Waals surface area contributed by atoms with Gasteiger partial charge in [-0.05, 0) is 41.6 Å². The molecule has 8 nitrogen and oxygen atoms in total. The zero-order valence-electron chi connectivity index (χ0n) is 13.7. The summed E-state index contributed by atoms with van der Waals surface area (Å²) in [5.74, 6) is -1.62. The Morgan fingerprint density at radius 3 is 2.44 bits per heavy atom. The average Bonchev–Trinajstić information content (AvgIpc) is 2.90. The van der Waals surface area contributed by atoms with E-state index in [2.05, 4.69) is 0 Å². The summed E-state index contributed by atoms with van der Waals surface area (Å²) in [6.45, 7) is -0.0151. The first kappa shape index (κ1) is 18.3. The molecular weight excluding hydrogens is 372 g/mol. The summed E-state index contributed by atoms with van der Waals surface area (Å²) in [5.41, 5.74) is 0.769. The van der Waals surface area contributed by atoms with E-state index in [4.69, 9.17) is 5.11 Å². The van der Waals surface area contributed by atoms with Gasteiger partial charge in [-0.3, -0.25) is 24.6 Å². The molecule has 0 aromatic heterocycles. The maximum atomic E-state index is 12.5. The number of nitro benzene ring substituents is 1. The topological polar surface area (TPSA) is 118 Å². The van der Waals surface area contributed by atoms with Crippen LogP contribution < -0.4 is 0 Å². The Morgan fingerprint density at radius 1 is 1.15 bits per heavy atom. The van der Waals surface area contributed by atoms with Crippen molar-refractivity contribution in [2.75, 3.05) is 0 Å². The quantitative estimate of drug-likeness (QED) is 0.476. The normalized spacial score (nSPS) is 15.4. The molecule has 0 atom stereocenters. The van der Waals surface area contributed by atoms with Crippen LogP contribution in [0.5, 0.6) is 0 Å². The zero-order valence-corrected chi connectivity index (χ0v) is 14.5. The number of aromatic carboxylic acids is 1. The van der Waals surface area contributed by atoms with Crippen molar-refractivity contribution in [3.8, 4) is 0 Å². The highest BCUT2D eigenvalue weighted by atomic mass is 32.2. The third-order valence-corrected chi connectivity index (χ3v) is 4.74. The van der Waals surface area contributed by atoms with Crippen molar-refractivity contribution in [3.63, 3.8) is 0 Å². The highest BCUT2D eigenvalue weighted by molar-refractivity contribution is 8.18. The van der Waals surface area contributed by atoms with Gasteiger partial charge in [0.25, 0.3) is 16.8 Å². The summed E-state index contributed by atoms with van der Waals surface area (Å²) >= 11 is 0.706. The fourth-order valence-corrected chi connectivity index (χ4v) is 3.32. The number of hydrogen-bond acceptors (Lipinski definition) is 6. The van der Waals surface area contributed by atoms with Crippen molar-refractivity contribution in [1.29, 1.82) is 0 Å². The molecule has 136 valence electrons. The molecule has 2 aromatic carbocycles. The molecule has 1 aliphatic rings. The number of para-hydroxylation sites is 1. The van der Waals surface area contributed by atoms with E-state index in [0.717, 1.165) is 4.90 Å². The minimum Gasteiger partial charge on any atom is -0.478 e. The van der Waals surface area contributed by atoms with E-state index >= 15 is 0 Å². The van der Waals surface area contributed by atoms with Crippen molar-refractivity contribution in [3.05, 3.63) is 80.2 Å². The summed E-state index contributed by atoms with van der Waals surface area (Å²) < 4.78 is 0. The molecule has 2 aromatic rings. The van der Waals surface area contributed by atoms with E-state index in [1.54, 1.807) is 6.07 Å². The van der Waals surface area contributed by atoms with Crippen LogP contribution in [0.1, 0.15) is 21.5 Å². The number of carbonyl (C=O) groups excluding carboxylic acids is 2. The molecule has 1 aliphatic heterocycles. The first-order chi connectivity index (χ1) is 12.9. The SMILES string of the molecule is O=C(O)c1ccc(CN2C(=O)S/C(=C\c3ccccc3[N+](=O)[O-])C2=O)cc1. The van der Waals surface area contributed by atoms with E-state index < -0.39 is 22.0 Å². The average molecular weight is 384 g/mol. The van der Waals surface area contributed by atoms with Crippen molar-refractivity contribution >= 4 is 40.6 Å². The Bertz CT molecular complexity index is 984. The molecule has 3 rings (SSSR count). The lowest BCUT2D eigenvalue weighted by Gasteiger charge is -2.12. The highest BCUT2D eigenvalue weighted by Crippen LogP contribution is 2.34. The Labute approximate surface area is 157 Å². The minimum absolute atomic E-state index is 0.0151. The van der Waals surface area contributed by atoms with Crippen LogP contribution in [0.2, 0.25) is 0 Å². The highest BCUT2D eigenvalue weighted by Gasteiger charge is 2.35. The van der Waals surface area contributed by atoms with E-state index in [0.29, 0.717) is 17.3 Å². The van der Waals surface area contributed by atoms with Crippen LogP contribution in [0.15, 0.2) is 53.4 Å². The van der Waals surface area contributed by atoms with Gasteiger partial charge in [0.2, 0.25) is 0 Å². The van der Waals surface area contributed by atoms with Crippen LogP contribution in [0.4, 0.5) is 10.5 Å². The first-order valence-electron chi connectivity index (χ1n) is 7.68. The second kappa shape index (κ2) is 7.42. The molecule has 0 radical (unpaired) electrons. The number of carbonyl (C=O) groups is 3. The van der Waals surface area contributed by atoms with Gasteiger partial charge in [0, 0.05) is 6.07 Å². The van der Waals surface area contributed by atoms with Crippen molar-refractivity contribution in [1.82, 2.24) is 4.90 Å². The number of amides is 2. The standard InChI is InChI=1S/C18H12N2O6S/c21-16-15(9-13-3-1-2-4-14(13)20(25)26)27-18(24)19(16)10-11-5-7-12(8-6-11)17(22)23/h1-9H,10H2,(H,22,23)/b15-9-. The fourth-order valence-electron chi connectivity index (χ4n) is 2.49. The van der Waals surface area contributed by atoms with Gasteiger partial charge in [-0.25, -0.2) is 4.79 Å². The van der Waals surface area contributed by atoms with E-state index in [1.165, 1.54) is 48.5 Å². The van der Waals surface area contributed by atoms with Gasteiger partial charge in [0.1, 0.15) is 0 Å². The molecule has 1 heterocycles. The molecule has 2 amide bonds. The number of carboxylic acids is 1. The molecule has 1 fully saturated rings. The molecule has 0 saturated carbocycles. The van der Waals surface area contributed by atoms with Gasteiger partial charge in [0.15, 0.2) is 0 Å². The van der Waals surface area contributed by atoms with Gasteiger partial charge >= 0.3 is 5.97 Å². The van der Waals surface area contributed by atoms with Crippen LogP contribution in [0.25, 0.3) is 6.08 Å². The molecule has 9 heteroatoms. The molecule has 0 aliphatic carbocycles. The molecule has 0 bridgehead atoms. The molecule has 1 saturated heterocycles. The predicted octanol–water partition coefficient (Wildman–Crippen LogP) is 3.53. The number of thioether (sulfide) groups is 1. The third-order valence-electron chi connectivity index (χ3n) is 3.84. The maximum absolute atomic E-state index is 12.5. The largest absolute Gasteiger partial charge is 0.478 e. The number of nitro groups is 1. The lowest BCUT2D eigenvalue weighted by molar-refractivity contribution is -0.385. The maximum Gasteiger partial charge on any atom is 0.335 e. The third kappa shape index (κ3) is 3.87. The predicted molar refractivity (Wildman–Crippen MR) is 98.0 cm³/mol. The van der Waals surface area contributed by atoms with E-state index in [1.807, 2.05) is 0 Å². The monoisotopic (exact) mass is 384 g/mol. The lowest BCUT2D eigenvalue weighted by atomic mass is 10.1. The number of hydrogen-bond donors (Lipinski definition) is 1. The van der Waals surface area contributed by atoms with Gasteiger partial charge < -0.3 is 5.11 Å². The Balaban J connectivity index is 1.83. The lowest BCUT2D eigenvalue weighted by Crippen LogP contribution is -2.27. The van der Waals surface area contributed by atoms with Gasteiger partial charge in [-0.2, -0.15) is 0 Å². The van der Waals surface area contributed by atoms with Crippen LogP contribution in [-0.4, -0.2) is 32.0 Å². The van der Waals surface area contributed by atoms with Gasteiger partial charge in [0.05, 0.1) is 27.5 Å². The number of rotatable bonds is 5. The summed E-state index contributed by atoms with van der Waals surface area (Å²) in [5, 5.41) is 19.5. The van der Waals surface area contributed by atoms with E-state index in [9.17, 15) is 24.5 Å². The van der Waals surface area contributed by atoms with Crippen LogP contribution >= 0.6 is 11.8 Å². The smallest absolute Gasteiger partial charge is 0.335 e. The van der Waals surface area contributed by atoms with Crippen molar-refractivity contribution < 1.29 is 24.4 Å². The Morgan fingerprint density at radius 2 is 1.81 bits per heavy atom. The van der Waals surface area contributed by atoms with Crippen LogP contribution in [0.3, 0.4) is 0 Å². The summed E-state index contributed by atoms with van der Waals surface area (Å²) in [6.07, 6.45) is 1.33.